The SMILES string of the molecule is CC/C=C/C=C/C=C/[C]=O. The van der Waals surface area contributed by atoms with Crippen molar-refractivity contribution in [2.75, 3.05) is 0 Å². The molecule has 1 heteroatoms. The molecule has 0 aromatic rings. The van der Waals surface area contributed by atoms with Gasteiger partial charge in [-0.15, -0.1) is 0 Å². The molecule has 10 heavy (non-hydrogen) atoms. The van der Waals surface area contributed by atoms with Gasteiger partial charge in [0, 0.05) is 0 Å². The number of allylic oxidation sites excluding steroid dienone is 6. The second-order valence-electron chi connectivity index (χ2n) is 1.70. The summed E-state index contributed by atoms with van der Waals surface area (Å²) in [5, 5.41) is 0. The van der Waals surface area contributed by atoms with Crippen LogP contribution < -0.4 is 0 Å². The maximum atomic E-state index is 9.63. The standard InChI is InChI=1S/C9H11O/c1-2-3-4-5-6-7-8-9-10/h3-8H,2H2,1H3/b4-3+,6-5+,8-7+. The summed E-state index contributed by atoms with van der Waals surface area (Å²) >= 11 is 0. The zero-order valence-electron chi connectivity index (χ0n) is 6.08. The first-order chi connectivity index (χ1) is 4.91. The van der Waals surface area contributed by atoms with Crippen LogP contribution in [0.25, 0.3) is 0 Å². The van der Waals surface area contributed by atoms with Gasteiger partial charge in [0.2, 0.25) is 6.29 Å². The van der Waals surface area contributed by atoms with Gasteiger partial charge in [0.15, 0.2) is 0 Å². The molecule has 0 bridgehead atoms. The quantitative estimate of drug-likeness (QED) is 0.426. The molecule has 0 aliphatic heterocycles. The van der Waals surface area contributed by atoms with Gasteiger partial charge in [0.25, 0.3) is 0 Å². The zero-order chi connectivity index (χ0) is 7.66. The van der Waals surface area contributed by atoms with Crippen molar-refractivity contribution in [1.82, 2.24) is 0 Å². The summed E-state index contributed by atoms with van der Waals surface area (Å²) in [7, 11) is 0. The van der Waals surface area contributed by atoms with E-state index in [2.05, 4.69) is 6.92 Å². The van der Waals surface area contributed by atoms with E-state index < -0.39 is 0 Å². The van der Waals surface area contributed by atoms with E-state index in [4.69, 9.17) is 0 Å². The molecule has 0 amide bonds. The Bertz CT molecular complexity index is 152. The van der Waals surface area contributed by atoms with Crippen molar-refractivity contribution in [1.29, 1.82) is 0 Å². The number of hydrogen-bond donors (Lipinski definition) is 0. The van der Waals surface area contributed by atoms with Crippen LogP contribution in [-0.4, -0.2) is 6.29 Å². The Morgan fingerprint density at radius 2 is 1.90 bits per heavy atom. The molecule has 1 radical (unpaired) electrons. The fourth-order valence-corrected chi connectivity index (χ4v) is 0.438. The summed E-state index contributed by atoms with van der Waals surface area (Å²) in [5.74, 6) is 0. The van der Waals surface area contributed by atoms with Crippen molar-refractivity contribution in [3.63, 3.8) is 0 Å². The van der Waals surface area contributed by atoms with Gasteiger partial charge in [-0.25, -0.2) is 0 Å². The lowest BCUT2D eigenvalue weighted by Gasteiger charge is -1.72. The molecule has 0 aromatic carbocycles. The van der Waals surface area contributed by atoms with Gasteiger partial charge in [0.1, 0.15) is 0 Å². The number of carbonyl (C=O) groups excluding carboxylic acids is 1. The van der Waals surface area contributed by atoms with Gasteiger partial charge in [-0.2, -0.15) is 0 Å². The van der Waals surface area contributed by atoms with Crippen molar-refractivity contribution in [2.24, 2.45) is 0 Å². The first-order valence-corrected chi connectivity index (χ1v) is 3.27. The van der Waals surface area contributed by atoms with Crippen molar-refractivity contribution in [3.05, 3.63) is 36.5 Å². The second-order valence-corrected chi connectivity index (χ2v) is 1.70. The highest BCUT2D eigenvalue weighted by Gasteiger charge is 1.63. The Morgan fingerprint density at radius 1 is 1.20 bits per heavy atom. The van der Waals surface area contributed by atoms with Gasteiger partial charge in [0.05, 0.1) is 0 Å². The number of hydrogen-bond acceptors (Lipinski definition) is 1. The van der Waals surface area contributed by atoms with Crippen molar-refractivity contribution < 1.29 is 4.79 Å². The van der Waals surface area contributed by atoms with Crippen LogP contribution in [0.5, 0.6) is 0 Å². The van der Waals surface area contributed by atoms with Gasteiger partial charge in [-0.3, -0.25) is 4.79 Å². The largest absolute Gasteiger partial charge is 0.286 e. The van der Waals surface area contributed by atoms with E-state index in [0.29, 0.717) is 0 Å². The summed E-state index contributed by atoms with van der Waals surface area (Å²) in [5.41, 5.74) is 0. The smallest absolute Gasteiger partial charge is 0.225 e. The predicted molar refractivity (Wildman–Crippen MR) is 43.4 cm³/mol. The third-order valence-electron chi connectivity index (χ3n) is 0.869. The van der Waals surface area contributed by atoms with Crippen LogP contribution >= 0.6 is 0 Å². The third-order valence-corrected chi connectivity index (χ3v) is 0.869. The van der Waals surface area contributed by atoms with Crippen LogP contribution in [0, 0.1) is 0 Å². The van der Waals surface area contributed by atoms with Gasteiger partial charge in [-0.1, -0.05) is 37.3 Å². The molecule has 0 atom stereocenters. The average Bonchev–Trinajstić information content (AvgIpc) is 1.97. The minimum Gasteiger partial charge on any atom is -0.286 e. The Labute approximate surface area is 61.8 Å². The van der Waals surface area contributed by atoms with E-state index in [9.17, 15) is 4.79 Å². The maximum Gasteiger partial charge on any atom is 0.225 e. The first kappa shape index (κ1) is 8.89. The first-order valence-electron chi connectivity index (χ1n) is 3.27. The lowest BCUT2D eigenvalue weighted by Crippen LogP contribution is -1.55. The molecule has 0 fully saturated rings. The summed E-state index contributed by atoms with van der Waals surface area (Å²) in [4.78, 5) is 9.63. The van der Waals surface area contributed by atoms with Crippen LogP contribution in [-0.2, 0) is 4.79 Å². The van der Waals surface area contributed by atoms with E-state index >= 15 is 0 Å². The van der Waals surface area contributed by atoms with Gasteiger partial charge in [-0.05, 0) is 12.5 Å². The highest BCUT2D eigenvalue weighted by atomic mass is 16.1. The van der Waals surface area contributed by atoms with Crippen molar-refractivity contribution in [3.8, 4) is 0 Å². The molecule has 0 heterocycles. The molecule has 1 nitrogen and oxygen atoms in total. The Kier molecular flexibility index (Phi) is 7.01. The minimum absolute atomic E-state index is 1.04. The molecule has 0 aliphatic carbocycles. The van der Waals surface area contributed by atoms with E-state index in [-0.39, 0.29) is 0 Å². The fraction of sp³-hybridized carbons (Fsp3) is 0.222. The van der Waals surface area contributed by atoms with Crippen molar-refractivity contribution >= 4 is 6.29 Å². The number of rotatable bonds is 4. The molecule has 0 N–H and O–H groups in total. The summed E-state index contributed by atoms with van der Waals surface area (Å²) in [6, 6.07) is 0. The molecule has 0 aliphatic rings. The molecule has 0 unspecified atom stereocenters. The highest BCUT2D eigenvalue weighted by Crippen LogP contribution is 1.81. The van der Waals surface area contributed by atoms with Crippen LogP contribution in [0.4, 0.5) is 0 Å². The molecule has 0 aromatic heterocycles. The normalized spacial score (nSPS) is 12.1. The lowest BCUT2D eigenvalue weighted by molar-refractivity contribution is 0.564. The fourth-order valence-electron chi connectivity index (χ4n) is 0.438. The highest BCUT2D eigenvalue weighted by molar-refractivity contribution is 5.66. The minimum atomic E-state index is 1.04. The summed E-state index contributed by atoms with van der Waals surface area (Å²) < 4.78 is 0. The van der Waals surface area contributed by atoms with Crippen LogP contribution in [0.2, 0.25) is 0 Å². The molecule has 0 saturated heterocycles. The van der Waals surface area contributed by atoms with E-state index in [1.54, 1.807) is 18.4 Å². The second kappa shape index (κ2) is 7.89. The molecular weight excluding hydrogens is 124 g/mol. The van der Waals surface area contributed by atoms with E-state index in [1.807, 2.05) is 18.2 Å². The Hall–Kier alpha value is -1.11. The van der Waals surface area contributed by atoms with E-state index in [1.165, 1.54) is 6.08 Å². The monoisotopic (exact) mass is 135 g/mol. The topological polar surface area (TPSA) is 17.1 Å². The molecule has 0 saturated carbocycles. The molecule has 0 rings (SSSR count). The molecule has 53 valence electrons. The molecular formula is C9H11O. The Balaban J connectivity index is 3.46. The predicted octanol–water partition coefficient (Wildman–Crippen LogP) is 2.17. The van der Waals surface area contributed by atoms with E-state index in [0.717, 1.165) is 6.42 Å². The van der Waals surface area contributed by atoms with Crippen LogP contribution in [0.3, 0.4) is 0 Å². The van der Waals surface area contributed by atoms with Crippen LogP contribution in [0.1, 0.15) is 13.3 Å². The summed E-state index contributed by atoms with van der Waals surface area (Å²) in [6.07, 6.45) is 13.3. The lowest BCUT2D eigenvalue weighted by atomic mass is 10.4. The van der Waals surface area contributed by atoms with Crippen molar-refractivity contribution in [2.45, 2.75) is 13.3 Å². The van der Waals surface area contributed by atoms with Crippen LogP contribution in [0.15, 0.2) is 36.5 Å². The Morgan fingerprint density at radius 3 is 2.50 bits per heavy atom. The zero-order valence-corrected chi connectivity index (χ0v) is 6.08. The summed E-state index contributed by atoms with van der Waals surface area (Å²) in [6.45, 7) is 2.07. The van der Waals surface area contributed by atoms with Gasteiger partial charge >= 0.3 is 0 Å². The van der Waals surface area contributed by atoms with Gasteiger partial charge < -0.3 is 0 Å². The maximum absolute atomic E-state index is 9.63. The molecule has 0 spiro atoms. The third kappa shape index (κ3) is 6.89. The average molecular weight is 135 g/mol.